The van der Waals surface area contributed by atoms with Crippen molar-refractivity contribution in [1.29, 1.82) is 0 Å². The van der Waals surface area contributed by atoms with E-state index in [1.165, 1.54) is 16.7 Å². The molecule has 0 spiro atoms. The van der Waals surface area contributed by atoms with E-state index in [1.54, 1.807) is 0 Å². The number of hydrogen-bond acceptors (Lipinski definition) is 3. The van der Waals surface area contributed by atoms with E-state index in [-0.39, 0.29) is 5.78 Å². The van der Waals surface area contributed by atoms with Crippen molar-refractivity contribution in [2.75, 3.05) is 0 Å². The Kier molecular flexibility index (Phi) is 7.29. The second kappa shape index (κ2) is 10.1. The molecule has 0 aliphatic carbocycles. The van der Waals surface area contributed by atoms with Crippen LogP contribution >= 0.6 is 0 Å². The van der Waals surface area contributed by atoms with Crippen LogP contribution in [0, 0.1) is 20.8 Å². The van der Waals surface area contributed by atoms with Crippen LogP contribution in [-0.4, -0.2) is 5.78 Å². The molecule has 3 nitrogen and oxygen atoms in total. The molecule has 0 unspecified atom stereocenters. The van der Waals surface area contributed by atoms with E-state index in [9.17, 15) is 4.79 Å². The molecule has 0 bridgehead atoms. The first kappa shape index (κ1) is 21.6. The number of Topliss-reactive ketones (excluding diaryl/α,β-unsaturated/α-hetero) is 1. The van der Waals surface area contributed by atoms with Crippen molar-refractivity contribution < 1.29 is 14.3 Å². The van der Waals surface area contributed by atoms with Crippen LogP contribution in [0.15, 0.2) is 60.7 Å². The van der Waals surface area contributed by atoms with Gasteiger partial charge in [0, 0.05) is 23.6 Å². The van der Waals surface area contributed by atoms with Crippen molar-refractivity contribution in [2.45, 2.75) is 53.8 Å². The van der Waals surface area contributed by atoms with Gasteiger partial charge in [0.05, 0.1) is 0 Å². The topological polar surface area (TPSA) is 35.5 Å². The Hall–Kier alpha value is -3.07. The highest BCUT2D eigenvalue weighted by Crippen LogP contribution is 2.24. The maximum atomic E-state index is 12.5. The van der Waals surface area contributed by atoms with Crippen LogP contribution in [-0.2, 0) is 13.2 Å². The van der Waals surface area contributed by atoms with E-state index in [2.05, 4.69) is 32.0 Å². The average molecular weight is 403 g/mol. The second-order valence-corrected chi connectivity index (χ2v) is 7.76. The first-order valence-corrected chi connectivity index (χ1v) is 10.5. The molecule has 0 aliphatic heterocycles. The number of rotatable bonds is 9. The van der Waals surface area contributed by atoms with E-state index < -0.39 is 0 Å². The minimum Gasteiger partial charge on any atom is -0.489 e. The van der Waals surface area contributed by atoms with Crippen molar-refractivity contribution in [3.8, 4) is 11.5 Å². The number of carbonyl (C=O) groups excluding carboxylic acids is 1. The first-order chi connectivity index (χ1) is 14.5. The molecule has 0 N–H and O–H groups in total. The summed E-state index contributed by atoms with van der Waals surface area (Å²) in [6, 6.07) is 20.0. The molecule has 0 heterocycles. The number of benzene rings is 3. The molecule has 0 radical (unpaired) electrons. The molecule has 0 atom stereocenters. The Morgan fingerprint density at radius 2 is 1.43 bits per heavy atom. The molecular formula is C27H30O3. The molecule has 3 aromatic carbocycles. The summed E-state index contributed by atoms with van der Waals surface area (Å²) < 4.78 is 12.0. The summed E-state index contributed by atoms with van der Waals surface area (Å²) in [5, 5.41) is 0. The van der Waals surface area contributed by atoms with Crippen molar-refractivity contribution in [3.05, 3.63) is 94.0 Å². The maximum Gasteiger partial charge on any atom is 0.163 e. The molecule has 3 rings (SSSR count). The zero-order valence-electron chi connectivity index (χ0n) is 18.3. The number of ether oxygens (including phenoxy) is 2. The minimum absolute atomic E-state index is 0.180. The van der Waals surface area contributed by atoms with Gasteiger partial charge in [-0.25, -0.2) is 0 Å². The first-order valence-electron chi connectivity index (χ1n) is 10.5. The van der Waals surface area contributed by atoms with E-state index in [0.29, 0.717) is 19.6 Å². The van der Waals surface area contributed by atoms with Crippen LogP contribution in [0.4, 0.5) is 0 Å². The van der Waals surface area contributed by atoms with Crippen molar-refractivity contribution >= 4 is 5.78 Å². The summed E-state index contributed by atoms with van der Waals surface area (Å²) in [7, 11) is 0. The van der Waals surface area contributed by atoms with Crippen LogP contribution in [0.2, 0.25) is 0 Å². The number of aryl methyl sites for hydroxylation is 3. The molecule has 0 aromatic heterocycles. The Labute approximate surface area is 179 Å². The quantitative estimate of drug-likeness (QED) is 0.371. The van der Waals surface area contributed by atoms with Crippen LogP contribution in [0.25, 0.3) is 0 Å². The Balaban J connectivity index is 1.68. The summed E-state index contributed by atoms with van der Waals surface area (Å²) in [6.45, 7) is 9.06. The van der Waals surface area contributed by atoms with Gasteiger partial charge in [-0.15, -0.1) is 0 Å². The van der Waals surface area contributed by atoms with Gasteiger partial charge in [-0.1, -0.05) is 55.0 Å². The van der Waals surface area contributed by atoms with Crippen LogP contribution in [0.3, 0.4) is 0 Å². The fourth-order valence-corrected chi connectivity index (χ4v) is 3.53. The number of hydrogen-bond donors (Lipinski definition) is 0. The van der Waals surface area contributed by atoms with Crippen molar-refractivity contribution in [3.63, 3.8) is 0 Å². The van der Waals surface area contributed by atoms with Gasteiger partial charge in [-0.05, 0) is 56.0 Å². The number of carbonyl (C=O) groups is 1. The smallest absolute Gasteiger partial charge is 0.163 e. The minimum atomic E-state index is 0.180. The number of ketones is 1. The van der Waals surface area contributed by atoms with Gasteiger partial charge in [0.1, 0.15) is 24.7 Å². The molecular weight excluding hydrogens is 372 g/mol. The molecule has 0 fully saturated rings. The molecule has 0 saturated heterocycles. The lowest BCUT2D eigenvalue weighted by Gasteiger charge is -2.14. The highest BCUT2D eigenvalue weighted by molar-refractivity contribution is 5.98. The maximum absolute atomic E-state index is 12.5. The fourth-order valence-electron chi connectivity index (χ4n) is 3.53. The van der Waals surface area contributed by atoms with Gasteiger partial charge in [0.2, 0.25) is 0 Å². The Morgan fingerprint density at radius 3 is 2.13 bits per heavy atom. The molecule has 156 valence electrons. The zero-order chi connectivity index (χ0) is 21.5. The fraction of sp³-hybridized carbons (Fsp3) is 0.296. The Bertz CT molecular complexity index is 1020. The third-order valence-electron chi connectivity index (χ3n) is 5.21. The van der Waals surface area contributed by atoms with Gasteiger partial charge < -0.3 is 9.47 Å². The van der Waals surface area contributed by atoms with Gasteiger partial charge in [-0.2, -0.15) is 0 Å². The average Bonchev–Trinajstić information content (AvgIpc) is 2.73. The van der Waals surface area contributed by atoms with E-state index >= 15 is 0 Å². The molecule has 0 saturated carbocycles. The standard InChI is InChI=1S/C27H30O3/c1-5-8-26(28)27-21(4)9-6-10-22(27)17-29-24-11-7-12-25(16-24)30-18-23-15-19(2)13-14-20(23)3/h6-7,9-16H,5,8,17-18H2,1-4H3. The molecule has 30 heavy (non-hydrogen) atoms. The van der Waals surface area contributed by atoms with E-state index in [1.807, 2.05) is 56.3 Å². The van der Waals surface area contributed by atoms with Crippen LogP contribution < -0.4 is 9.47 Å². The highest BCUT2D eigenvalue weighted by Gasteiger charge is 2.14. The monoisotopic (exact) mass is 402 g/mol. The predicted molar refractivity (Wildman–Crippen MR) is 121 cm³/mol. The zero-order valence-corrected chi connectivity index (χ0v) is 18.3. The van der Waals surface area contributed by atoms with Crippen molar-refractivity contribution in [1.82, 2.24) is 0 Å². The van der Waals surface area contributed by atoms with Crippen LogP contribution in [0.1, 0.15) is 57.9 Å². The SMILES string of the molecule is CCCC(=O)c1c(C)cccc1COc1cccc(OCc2cc(C)ccc2C)c1. The van der Waals surface area contributed by atoms with Crippen molar-refractivity contribution in [2.24, 2.45) is 0 Å². The third-order valence-corrected chi connectivity index (χ3v) is 5.21. The molecule has 0 aliphatic rings. The van der Waals surface area contributed by atoms with Gasteiger partial charge >= 0.3 is 0 Å². The van der Waals surface area contributed by atoms with Gasteiger partial charge in [-0.3, -0.25) is 4.79 Å². The van der Waals surface area contributed by atoms with Gasteiger partial charge in [0.25, 0.3) is 0 Å². The second-order valence-electron chi connectivity index (χ2n) is 7.76. The predicted octanol–water partition coefficient (Wildman–Crippen LogP) is 6.75. The lowest BCUT2D eigenvalue weighted by molar-refractivity contribution is 0.0978. The van der Waals surface area contributed by atoms with Crippen LogP contribution in [0.5, 0.6) is 11.5 Å². The van der Waals surface area contributed by atoms with E-state index in [0.717, 1.165) is 34.6 Å². The summed E-state index contributed by atoms with van der Waals surface area (Å²) in [5.74, 6) is 1.67. The Morgan fingerprint density at radius 1 is 0.767 bits per heavy atom. The largest absolute Gasteiger partial charge is 0.489 e. The summed E-state index contributed by atoms with van der Waals surface area (Å²) in [5.41, 5.74) is 6.34. The summed E-state index contributed by atoms with van der Waals surface area (Å²) in [6.07, 6.45) is 1.40. The lowest BCUT2D eigenvalue weighted by atomic mass is 9.96. The molecule has 3 aromatic rings. The molecule has 3 heteroatoms. The van der Waals surface area contributed by atoms with E-state index in [4.69, 9.17) is 9.47 Å². The highest BCUT2D eigenvalue weighted by atomic mass is 16.5. The third kappa shape index (κ3) is 5.50. The normalized spacial score (nSPS) is 10.7. The summed E-state index contributed by atoms with van der Waals surface area (Å²) in [4.78, 5) is 12.5. The molecule has 0 amide bonds. The summed E-state index contributed by atoms with van der Waals surface area (Å²) >= 11 is 0. The van der Waals surface area contributed by atoms with Gasteiger partial charge in [0.15, 0.2) is 5.78 Å². The lowest BCUT2D eigenvalue weighted by Crippen LogP contribution is -2.08.